The molecule has 166 valence electrons. The highest BCUT2D eigenvalue weighted by Gasteiger charge is 2.33. The van der Waals surface area contributed by atoms with E-state index in [1.54, 1.807) is 0 Å². The minimum atomic E-state index is -5.13. The van der Waals surface area contributed by atoms with Crippen LogP contribution < -0.4 is 11.1 Å². The highest BCUT2D eigenvalue weighted by atomic mass is 31.2. The normalized spacial score (nSPS) is 16.1. The Hall–Kier alpha value is -2.58. The monoisotopic (exact) mass is 444 g/mol. The number of carbonyl (C=O) groups is 5. The summed E-state index contributed by atoms with van der Waals surface area (Å²) < 4.78 is 20.5. The molecule has 1 amide bonds. The van der Waals surface area contributed by atoms with Crippen molar-refractivity contribution in [1.29, 1.82) is 0 Å². The van der Waals surface area contributed by atoms with Gasteiger partial charge in [-0.3, -0.25) is 23.4 Å². The molecule has 0 aliphatic carbocycles. The van der Waals surface area contributed by atoms with Crippen molar-refractivity contribution in [3.05, 3.63) is 0 Å². The van der Waals surface area contributed by atoms with Crippen LogP contribution in [0.1, 0.15) is 25.7 Å². The third-order valence-electron chi connectivity index (χ3n) is 3.19. The van der Waals surface area contributed by atoms with E-state index in [-0.39, 0.29) is 6.42 Å². The number of carbonyl (C=O) groups excluding carboxylic acids is 1. The Bertz CT molecular complexity index is 682. The number of hydrogen-bond acceptors (Lipinski definition) is 9. The molecule has 4 atom stereocenters. The summed E-state index contributed by atoms with van der Waals surface area (Å²) in [5.41, 5.74) is 5.19. The van der Waals surface area contributed by atoms with Crippen molar-refractivity contribution in [2.45, 2.75) is 43.9 Å². The lowest BCUT2D eigenvalue weighted by molar-refractivity contribution is -0.148. The predicted molar refractivity (Wildman–Crippen MR) is 89.6 cm³/mol. The first-order valence-electron chi connectivity index (χ1n) is 7.86. The van der Waals surface area contributed by atoms with E-state index in [0.717, 1.165) is 0 Å². The number of rotatable bonds is 15. The van der Waals surface area contributed by atoms with Crippen molar-refractivity contribution in [3.63, 3.8) is 0 Å². The van der Waals surface area contributed by atoms with Gasteiger partial charge in [0.25, 0.3) is 0 Å². The van der Waals surface area contributed by atoms with Gasteiger partial charge in [-0.1, -0.05) is 0 Å². The van der Waals surface area contributed by atoms with Gasteiger partial charge in [0.15, 0.2) is 12.1 Å². The summed E-state index contributed by atoms with van der Waals surface area (Å²) >= 11 is 0. The van der Waals surface area contributed by atoms with Crippen molar-refractivity contribution in [3.8, 4) is 0 Å². The van der Waals surface area contributed by atoms with Crippen LogP contribution in [-0.2, 0) is 37.6 Å². The summed E-state index contributed by atoms with van der Waals surface area (Å²) in [6.07, 6.45) is -4.14. The number of carboxylic acid groups (broad SMARTS) is 4. The number of nitrogens with one attached hydrogen (secondary N) is 1. The van der Waals surface area contributed by atoms with E-state index in [2.05, 4.69) is 9.05 Å². The fourth-order valence-electron chi connectivity index (χ4n) is 1.69. The fourth-order valence-corrected chi connectivity index (χ4v) is 2.60. The summed E-state index contributed by atoms with van der Waals surface area (Å²) in [7, 11) is -5.13. The maximum atomic E-state index is 11.8. The molecule has 29 heavy (non-hydrogen) atoms. The second-order valence-corrected chi connectivity index (χ2v) is 6.98. The lowest BCUT2D eigenvalue weighted by Gasteiger charge is -2.20. The highest BCUT2D eigenvalue weighted by Crippen LogP contribution is 2.45. The molecule has 0 saturated carbocycles. The first-order chi connectivity index (χ1) is 13.2. The van der Waals surface area contributed by atoms with Crippen LogP contribution in [0.5, 0.6) is 0 Å². The van der Waals surface area contributed by atoms with Crippen LogP contribution in [0.2, 0.25) is 0 Å². The van der Waals surface area contributed by atoms with Gasteiger partial charge in [0.05, 0.1) is 6.61 Å². The quantitative estimate of drug-likeness (QED) is 0.137. The second kappa shape index (κ2) is 12.1. The minimum Gasteiger partial charge on any atom is -0.481 e. The minimum absolute atomic E-state index is 0.306. The zero-order valence-corrected chi connectivity index (χ0v) is 15.7. The maximum Gasteiger partial charge on any atom is 0.473 e. The van der Waals surface area contributed by atoms with Gasteiger partial charge in [0.1, 0.15) is 6.04 Å². The van der Waals surface area contributed by atoms with Gasteiger partial charge < -0.3 is 36.4 Å². The maximum absolute atomic E-state index is 11.8. The van der Waals surface area contributed by atoms with E-state index in [1.807, 2.05) is 5.32 Å². The van der Waals surface area contributed by atoms with Gasteiger partial charge in [-0.15, -0.1) is 0 Å². The number of aliphatic carboxylic acids is 4. The molecule has 0 heterocycles. The Kier molecular flexibility index (Phi) is 11.0. The molecule has 0 aromatic heterocycles. The van der Waals surface area contributed by atoms with Crippen LogP contribution >= 0.6 is 7.82 Å². The number of amides is 1. The zero-order chi connectivity index (χ0) is 22.8. The van der Waals surface area contributed by atoms with Crippen LogP contribution in [0.3, 0.4) is 0 Å². The average molecular weight is 444 g/mol. The number of phosphoric acid groups is 1. The summed E-state index contributed by atoms with van der Waals surface area (Å²) in [6.45, 7) is -1.11. The first kappa shape index (κ1) is 26.4. The second-order valence-electron chi connectivity index (χ2n) is 5.57. The average Bonchev–Trinajstić information content (AvgIpc) is 2.59. The molecular weight excluding hydrogens is 423 g/mol. The number of carboxylic acids is 4. The molecule has 0 aliphatic rings. The van der Waals surface area contributed by atoms with E-state index >= 15 is 0 Å². The molecule has 15 nitrogen and oxygen atoms in total. The van der Waals surface area contributed by atoms with Crippen molar-refractivity contribution in [2.24, 2.45) is 5.73 Å². The molecule has 16 heteroatoms. The van der Waals surface area contributed by atoms with E-state index in [9.17, 15) is 33.4 Å². The molecule has 8 N–H and O–H groups in total. The van der Waals surface area contributed by atoms with Crippen molar-refractivity contribution < 1.29 is 62.9 Å². The molecule has 0 radical (unpaired) electrons. The van der Waals surface area contributed by atoms with Crippen LogP contribution in [0.25, 0.3) is 0 Å². The molecule has 0 rings (SSSR count). The smallest absolute Gasteiger partial charge is 0.473 e. The topological polar surface area (TPSA) is 260 Å². The van der Waals surface area contributed by atoms with E-state index in [4.69, 9.17) is 26.2 Å². The zero-order valence-electron chi connectivity index (χ0n) is 14.8. The molecular formula is C13H21N2O13P. The molecule has 0 bridgehead atoms. The lowest BCUT2D eigenvalue weighted by atomic mass is 10.1. The largest absolute Gasteiger partial charge is 0.481 e. The van der Waals surface area contributed by atoms with Gasteiger partial charge in [0, 0.05) is 12.8 Å². The molecule has 0 aliphatic heterocycles. The van der Waals surface area contributed by atoms with E-state index < -0.39 is 81.7 Å². The number of hydrogen-bond donors (Lipinski definition) is 7. The summed E-state index contributed by atoms with van der Waals surface area (Å²) in [6, 6.07) is -3.21. The van der Waals surface area contributed by atoms with Gasteiger partial charge in [-0.25, -0.2) is 14.2 Å². The molecule has 0 fully saturated rings. The Morgan fingerprint density at radius 1 is 0.931 bits per heavy atom. The van der Waals surface area contributed by atoms with E-state index in [0.29, 0.717) is 0 Å². The Morgan fingerprint density at radius 3 is 1.97 bits per heavy atom. The third-order valence-corrected chi connectivity index (χ3v) is 4.19. The molecule has 0 aromatic carbocycles. The number of phosphoric ester groups is 1. The summed E-state index contributed by atoms with van der Waals surface area (Å²) in [5, 5.41) is 36.9. The van der Waals surface area contributed by atoms with Crippen LogP contribution in [0, 0.1) is 0 Å². The van der Waals surface area contributed by atoms with Crippen molar-refractivity contribution >= 4 is 37.6 Å². The van der Waals surface area contributed by atoms with Crippen LogP contribution in [-0.4, -0.2) is 79.9 Å². The predicted octanol–water partition coefficient (Wildman–Crippen LogP) is -1.80. The Morgan fingerprint density at radius 2 is 1.52 bits per heavy atom. The van der Waals surface area contributed by atoms with Gasteiger partial charge in [-0.2, -0.15) is 0 Å². The fraction of sp³-hybridized carbons (Fsp3) is 0.615. The summed E-state index contributed by atoms with van der Waals surface area (Å²) in [4.78, 5) is 64.3. The van der Waals surface area contributed by atoms with Crippen molar-refractivity contribution in [2.75, 3.05) is 6.61 Å². The molecule has 0 aromatic rings. The van der Waals surface area contributed by atoms with Crippen molar-refractivity contribution in [1.82, 2.24) is 5.32 Å². The molecule has 4 unspecified atom stereocenters. The van der Waals surface area contributed by atoms with E-state index in [1.165, 1.54) is 0 Å². The third kappa shape index (κ3) is 11.8. The first-order valence-corrected chi connectivity index (χ1v) is 9.35. The lowest BCUT2D eigenvalue weighted by Crippen LogP contribution is -2.44. The van der Waals surface area contributed by atoms with Crippen LogP contribution in [0.4, 0.5) is 0 Å². The van der Waals surface area contributed by atoms with Crippen LogP contribution in [0.15, 0.2) is 0 Å². The Labute approximate surface area is 163 Å². The Balaban J connectivity index is 4.79. The van der Waals surface area contributed by atoms with Gasteiger partial charge in [-0.05, 0) is 12.8 Å². The highest BCUT2D eigenvalue weighted by molar-refractivity contribution is 7.47. The van der Waals surface area contributed by atoms with Gasteiger partial charge in [0.2, 0.25) is 5.91 Å². The molecule has 0 saturated heterocycles. The SMILES string of the molecule is NC(CCC(=O)NC(COP(=O)(O)OC(CCC(=O)O)C(=O)O)C(=O)O)C(=O)O. The summed E-state index contributed by atoms with van der Waals surface area (Å²) in [5.74, 6) is -7.12. The molecule has 0 spiro atoms. The van der Waals surface area contributed by atoms with Gasteiger partial charge >= 0.3 is 31.7 Å². The number of nitrogens with two attached hydrogens (primary N) is 1. The standard InChI is InChI=1S/C13H21N2O13P/c14-6(11(19)20)1-3-9(16)15-7(12(21)22)5-27-29(25,26)28-8(13(23)24)2-4-10(17)18/h6-8H,1-5,14H2,(H,15,16)(H,17,18)(H,19,20)(H,21,22)(H,23,24)(H,25,26).